The summed E-state index contributed by atoms with van der Waals surface area (Å²) in [5.74, 6) is -4.69. The molecule has 2 fully saturated rings. The number of para-hydroxylation sites is 1. The zero-order valence-electron chi connectivity index (χ0n) is 20.7. The molecule has 0 unspecified atom stereocenters. The lowest BCUT2D eigenvalue weighted by Gasteiger charge is -2.27. The zero-order valence-corrected chi connectivity index (χ0v) is 20.7. The molecule has 3 heterocycles. The van der Waals surface area contributed by atoms with E-state index >= 15 is 0 Å². The maximum Gasteiger partial charge on any atom is 0.268 e. The molecule has 202 valence electrons. The number of nitrogens with one attached hydrogen (secondary N) is 2. The molecule has 2 aromatic rings. The third-order valence-corrected chi connectivity index (χ3v) is 6.09. The Kier molecular flexibility index (Phi) is 9.61. The summed E-state index contributed by atoms with van der Waals surface area (Å²) in [5.41, 5.74) is 5.91. The molecule has 1 aromatic heterocycles. The number of hydrogen-bond acceptors (Lipinski definition) is 7. The molecular formula is C25H29F2N7O4. The van der Waals surface area contributed by atoms with Crippen molar-refractivity contribution in [1.82, 2.24) is 25.4 Å². The summed E-state index contributed by atoms with van der Waals surface area (Å²) in [5, 5.41) is 15.1. The third-order valence-electron chi connectivity index (χ3n) is 6.09. The van der Waals surface area contributed by atoms with Crippen LogP contribution < -0.4 is 16.4 Å². The van der Waals surface area contributed by atoms with Crippen molar-refractivity contribution in [3.63, 3.8) is 0 Å². The van der Waals surface area contributed by atoms with E-state index in [0.29, 0.717) is 16.5 Å². The van der Waals surface area contributed by atoms with Gasteiger partial charge in [0.15, 0.2) is 0 Å². The van der Waals surface area contributed by atoms with Crippen LogP contribution in [-0.4, -0.2) is 89.6 Å². The number of pyridine rings is 1. The van der Waals surface area contributed by atoms with Gasteiger partial charge in [0.1, 0.15) is 6.04 Å². The summed E-state index contributed by atoms with van der Waals surface area (Å²) in [7, 11) is 0. The van der Waals surface area contributed by atoms with Crippen molar-refractivity contribution in [2.45, 2.75) is 31.2 Å². The number of likely N-dealkylation sites (tertiary alicyclic amines) is 1. The molecule has 38 heavy (non-hydrogen) atoms. The van der Waals surface area contributed by atoms with Crippen molar-refractivity contribution in [2.75, 3.05) is 39.3 Å². The highest BCUT2D eigenvalue weighted by Gasteiger charge is 2.47. The second kappa shape index (κ2) is 12.9. The summed E-state index contributed by atoms with van der Waals surface area (Å²) in [6.07, 6.45) is 1.20. The molecular weight excluding hydrogens is 500 g/mol. The number of primary amides is 1. The minimum absolute atomic E-state index is 0.0281. The molecule has 2 aliphatic rings. The number of piperazine rings is 1. The molecule has 2 saturated heterocycles. The highest BCUT2D eigenvalue weighted by Crippen LogP contribution is 2.31. The van der Waals surface area contributed by atoms with Crippen LogP contribution in [0.15, 0.2) is 36.5 Å². The second-order valence-corrected chi connectivity index (χ2v) is 8.88. The summed E-state index contributed by atoms with van der Waals surface area (Å²) in [4.78, 5) is 53.0. The minimum atomic E-state index is -3.08. The van der Waals surface area contributed by atoms with E-state index < -0.39 is 49.2 Å². The first-order valence-corrected chi connectivity index (χ1v) is 12.1. The van der Waals surface area contributed by atoms with E-state index in [1.54, 1.807) is 35.2 Å². The Morgan fingerprint density at radius 2 is 1.84 bits per heavy atom. The largest absolute Gasteiger partial charge is 0.370 e. The van der Waals surface area contributed by atoms with Crippen LogP contribution in [0.3, 0.4) is 0 Å². The van der Waals surface area contributed by atoms with Gasteiger partial charge in [0.25, 0.3) is 11.8 Å². The van der Waals surface area contributed by atoms with Gasteiger partial charge in [-0.25, -0.2) is 8.78 Å². The summed E-state index contributed by atoms with van der Waals surface area (Å²) >= 11 is 0. The average molecular weight is 530 g/mol. The van der Waals surface area contributed by atoms with Gasteiger partial charge in [0.05, 0.1) is 30.2 Å². The van der Waals surface area contributed by atoms with Crippen LogP contribution in [0.1, 0.15) is 29.6 Å². The van der Waals surface area contributed by atoms with Gasteiger partial charge in [0.2, 0.25) is 17.7 Å². The predicted molar refractivity (Wildman–Crippen MR) is 133 cm³/mol. The van der Waals surface area contributed by atoms with E-state index in [1.165, 1.54) is 12.3 Å². The number of alkyl halides is 2. The third kappa shape index (κ3) is 7.66. The number of nitrogens with zero attached hydrogens (tertiary/aromatic N) is 4. The molecule has 13 heteroatoms. The number of aromatic nitrogens is 1. The van der Waals surface area contributed by atoms with Crippen LogP contribution in [0.25, 0.3) is 10.9 Å². The monoisotopic (exact) mass is 529 g/mol. The number of nitriles is 1. The fourth-order valence-electron chi connectivity index (χ4n) is 4.14. The first-order chi connectivity index (χ1) is 18.1. The number of benzene rings is 1. The minimum Gasteiger partial charge on any atom is -0.370 e. The summed E-state index contributed by atoms with van der Waals surface area (Å²) in [6.45, 7) is 1.88. The van der Waals surface area contributed by atoms with Gasteiger partial charge in [-0.3, -0.25) is 24.2 Å². The number of carbonyl (C=O) groups is 4. The second-order valence-electron chi connectivity index (χ2n) is 8.88. The quantitative estimate of drug-likeness (QED) is 0.488. The fourth-order valence-corrected chi connectivity index (χ4v) is 4.14. The average Bonchev–Trinajstić information content (AvgIpc) is 3.25. The topological polar surface area (TPSA) is 162 Å². The maximum atomic E-state index is 13.4. The Morgan fingerprint density at radius 3 is 2.53 bits per heavy atom. The van der Waals surface area contributed by atoms with Crippen LogP contribution in [0.5, 0.6) is 0 Å². The highest BCUT2D eigenvalue weighted by atomic mass is 19.3. The van der Waals surface area contributed by atoms with Gasteiger partial charge in [-0.05, 0) is 12.1 Å². The number of nitrogens with two attached hydrogens (primary N) is 1. The molecule has 4 rings (SSSR count). The number of halogens is 2. The van der Waals surface area contributed by atoms with Crippen LogP contribution in [0.4, 0.5) is 8.78 Å². The van der Waals surface area contributed by atoms with Crippen molar-refractivity contribution in [3.05, 3.63) is 42.1 Å². The lowest BCUT2D eigenvalue weighted by Crippen LogP contribution is -2.46. The van der Waals surface area contributed by atoms with E-state index in [1.807, 2.05) is 0 Å². The molecule has 4 amide bonds. The van der Waals surface area contributed by atoms with E-state index in [9.17, 15) is 28.0 Å². The molecule has 0 saturated carbocycles. The smallest absolute Gasteiger partial charge is 0.268 e. The lowest BCUT2D eigenvalue weighted by atomic mass is 10.1. The van der Waals surface area contributed by atoms with Gasteiger partial charge < -0.3 is 26.2 Å². The number of fused-ring (bicyclic) bond motifs is 1. The van der Waals surface area contributed by atoms with Crippen LogP contribution >= 0.6 is 0 Å². The van der Waals surface area contributed by atoms with Crippen molar-refractivity contribution in [2.24, 2.45) is 5.73 Å². The van der Waals surface area contributed by atoms with Gasteiger partial charge in [-0.2, -0.15) is 5.26 Å². The molecule has 1 aromatic carbocycles. The van der Waals surface area contributed by atoms with Gasteiger partial charge in [-0.15, -0.1) is 0 Å². The van der Waals surface area contributed by atoms with E-state index in [-0.39, 0.29) is 18.7 Å². The van der Waals surface area contributed by atoms with Gasteiger partial charge in [0, 0.05) is 57.0 Å². The normalized spacial score (nSPS) is 18.2. The SMILES string of the molecule is N#C[C@@H]1CC(F)(F)CN1C(=O)CNC(=O)c1ccnc2ccccc12.NC(=O)CCC(=O)N1CCNCC1. The summed E-state index contributed by atoms with van der Waals surface area (Å²) < 4.78 is 26.8. The number of rotatable bonds is 6. The molecule has 2 aliphatic heterocycles. The first kappa shape index (κ1) is 28.4. The predicted octanol–water partition coefficient (Wildman–Crippen LogP) is 0.408. The molecule has 0 bridgehead atoms. The van der Waals surface area contributed by atoms with Crippen molar-refractivity contribution >= 4 is 34.5 Å². The molecule has 0 aliphatic carbocycles. The van der Waals surface area contributed by atoms with E-state index in [2.05, 4.69) is 15.6 Å². The highest BCUT2D eigenvalue weighted by molar-refractivity contribution is 6.06. The molecule has 0 radical (unpaired) electrons. The van der Waals surface area contributed by atoms with Crippen LogP contribution in [0, 0.1) is 11.3 Å². The first-order valence-electron chi connectivity index (χ1n) is 12.1. The molecule has 4 N–H and O–H groups in total. The Balaban J connectivity index is 0.000000260. The Labute approximate surface area is 217 Å². The van der Waals surface area contributed by atoms with Crippen LogP contribution in [-0.2, 0) is 14.4 Å². The number of amides is 4. The van der Waals surface area contributed by atoms with Gasteiger partial charge >= 0.3 is 0 Å². The van der Waals surface area contributed by atoms with Crippen LogP contribution in [0.2, 0.25) is 0 Å². The Morgan fingerprint density at radius 1 is 1.13 bits per heavy atom. The number of carbonyl (C=O) groups excluding carboxylic acids is 4. The van der Waals surface area contributed by atoms with E-state index in [0.717, 1.165) is 31.1 Å². The van der Waals surface area contributed by atoms with E-state index in [4.69, 9.17) is 11.0 Å². The summed E-state index contributed by atoms with van der Waals surface area (Å²) in [6, 6.07) is 9.06. The standard InChI is InChI=1S/C17H14F2N4O2.C8H15N3O2/c18-17(19)7-11(8-20)23(10-17)15(24)9-22-16(25)13-5-6-21-14-4-2-1-3-12(13)14;9-7(12)1-2-8(13)11-5-3-10-4-6-11/h1-6,11H,7,9-10H2,(H,22,25);10H,1-6H2,(H2,9,12)/t11-;/m0./s1. The van der Waals surface area contributed by atoms with Crippen molar-refractivity contribution in [1.29, 1.82) is 5.26 Å². The van der Waals surface area contributed by atoms with Gasteiger partial charge in [-0.1, -0.05) is 18.2 Å². The Bertz CT molecular complexity index is 1220. The molecule has 0 spiro atoms. The fraction of sp³-hybridized carbons (Fsp3) is 0.440. The maximum absolute atomic E-state index is 13.4. The molecule has 1 atom stereocenters. The Hall–Kier alpha value is -4.18. The molecule has 11 nitrogen and oxygen atoms in total. The number of hydrogen-bond donors (Lipinski definition) is 3. The lowest BCUT2D eigenvalue weighted by molar-refractivity contribution is -0.133. The van der Waals surface area contributed by atoms with Crippen molar-refractivity contribution < 1.29 is 28.0 Å². The zero-order chi connectivity index (χ0) is 27.7. The van der Waals surface area contributed by atoms with Crippen molar-refractivity contribution in [3.8, 4) is 6.07 Å².